The molecule has 0 bridgehead atoms. The molecule has 0 unspecified atom stereocenters. The molecule has 2 aromatic heterocycles. The molecular formula is C19H16ClN5O3. The van der Waals surface area contributed by atoms with Gasteiger partial charge in [0.25, 0.3) is 5.56 Å². The van der Waals surface area contributed by atoms with E-state index in [1.807, 2.05) is 24.3 Å². The van der Waals surface area contributed by atoms with Crippen molar-refractivity contribution >= 4 is 34.0 Å². The summed E-state index contributed by atoms with van der Waals surface area (Å²) in [6, 6.07) is 12.7. The first-order valence-electron chi connectivity index (χ1n) is 8.32. The van der Waals surface area contributed by atoms with Crippen molar-refractivity contribution in [3.8, 4) is 17.4 Å². The van der Waals surface area contributed by atoms with Crippen LogP contribution in [0.4, 0.5) is 11.4 Å². The minimum absolute atomic E-state index is 0.0164. The van der Waals surface area contributed by atoms with Crippen LogP contribution >= 0.6 is 11.6 Å². The molecule has 8 nitrogen and oxygen atoms in total. The third-order valence-electron chi connectivity index (χ3n) is 4.13. The van der Waals surface area contributed by atoms with Crippen LogP contribution in [-0.4, -0.2) is 34.0 Å². The lowest BCUT2D eigenvalue weighted by molar-refractivity contribution is 0.395. The van der Waals surface area contributed by atoms with E-state index in [0.717, 1.165) is 15.7 Å². The van der Waals surface area contributed by atoms with Crippen molar-refractivity contribution in [1.29, 1.82) is 0 Å². The van der Waals surface area contributed by atoms with Crippen molar-refractivity contribution in [2.45, 2.75) is 0 Å². The summed E-state index contributed by atoms with van der Waals surface area (Å²) in [6.45, 7) is 0. The Morgan fingerprint density at radius 3 is 2.50 bits per heavy atom. The number of H-pyrrole nitrogens is 1. The van der Waals surface area contributed by atoms with Gasteiger partial charge in [0.15, 0.2) is 0 Å². The van der Waals surface area contributed by atoms with E-state index in [1.54, 1.807) is 32.4 Å². The van der Waals surface area contributed by atoms with Crippen LogP contribution in [0.3, 0.4) is 0 Å². The van der Waals surface area contributed by atoms with Crippen LogP contribution in [0.5, 0.6) is 11.5 Å². The Morgan fingerprint density at radius 2 is 1.82 bits per heavy atom. The number of rotatable bonds is 5. The van der Waals surface area contributed by atoms with Crippen molar-refractivity contribution in [3.63, 3.8) is 0 Å². The molecule has 2 heterocycles. The van der Waals surface area contributed by atoms with Crippen LogP contribution < -0.4 is 20.3 Å². The maximum Gasteiger partial charge on any atom is 0.295 e. The van der Waals surface area contributed by atoms with Gasteiger partial charge in [-0.25, -0.2) is 4.98 Å². The summed E-state index contributed by atoms with van der Waals surface area (Å²) in [5.74, 6) is 1.49. The molecule has 28 heavy (non-hydrogen) atoms. The van der Waals surface area contributed by atoms with Gasteiger partial charge >= 0.3 is 0 Å². The first-order valence-corrected chi connectivity index (χ1v) is 8.70. The van der Waals surface area contributed by atoms with Crippen LogP contribution in [0.25, 0.3) is 17.0 Å². The van der Waals surface area contributed by atoms with Gasteiger partial charge in [0.05, 0.1) is 37.1 Å². The highest BCUT2D eigenvalue weighted by atomic mass is 35.5. The van der Waals surface area contributed by atoms with Crippen LogP contribution in [-0.2, 0) is 0 Å². The van der Waals surface area contributed by atoms with Gasteiger partial charge in [-0.15, -0.1) is 0 Å². The lowest BCUT2D eigenvalue weighted by atomic mass is 10.2. The van der Waals surface area contributed by atoms with Gasteiger partial charge in [-0.05, 0) is 12.1 Å². The molecule has 0 aliphatic heterocycles. The summed E-state index contributed by atoms with van der Waals surface area (Å²) in [6.07, 6.45) is 1.46. The summed E-state index contributed by atoms with van der Waals surface area (Å²) in [5, 5.41) is 7.24. The highest BCUT2D eigenvalue weighted by Crippen LogP contribution is 2.29. The number of hydrogen-bond acceptors (Lipinski definition) is 6. The maximum atomic E-state index is 12.7. The van der Waals surface area contributed by atoms with Crippen LogP contribution in [0.15, 0.2) is 53.5 Å². The second-order valence-corrected chi connectivity index (χ2v) is 6.27. The molecule has 142 valence electrons. The number of para-hydroxylation sites is 2. The summed E-state index contributed by atoms with van der Waals surface area (Å²) in [5.41, 5.74) is 2.02. The molecule has 0 saturated heterocycles. The molecular weight excluding hydrogens is 382 g/mol. The average Bonchev–Trinajstić information content (AvgIpc) is 3.15. The Hall–Kier alpha value is -3.52. The van der Waals surface area contributed by atoms with E-state index < -0.39 is 5.56 Å². The van der Waals surface area contributed by atoms with Crippen molar-refractivity contribution in [3.05, 3.63) is 64.0 Å². The number of anilines is 2. The Labute approximate surface area is 164 Å². The van der Waals surface area contributed by atoms with Gasteiger partial charge in [-0.3, -0.25) is 4.79 Å². The highest BCUT2D eigenvalue weighted by molar-refractivity contribution is 6.33. The predicted octanol–water partition coefficient (Wildman–Crippen LogP) is 3.52. The van der Waals surface area contributed by atoms with Gasteiger partial charge in [0, 0.05) is 23.9 Å². The zero-order chi connectivity index (χ0) is 19.7. The van der Waals surface area contributed by atoms with Crippen molar-refractivity contribution in [2.24, 2.45) is 0 Å². The minimum atomic E-state index is -0.499. The third-order valence-corrected chi connectivity index (χ3v) is 4.49. The van der Waals surface area contributed by atoms with Crippen molar-refractivity contribution in [2.75, 3.05) is 19.5 Å². The topological polar surface area (TPSA) is 94.1 Å². The number of aromatic nitrogens is 4. The number of hydrogen-bond donors (Lipinski definition) is 2. The molecule has 0 aliphatic rings. The molecule has 0 amide bonds. The first kappa shape index (κ1) is 17.9. The number of aromatic amines is 1. The normalized spacial score (nSPS) is 10.8. The Bertz CT molecular complexity index is 1160. The molecule has 2 aromatic carbocycles. The molecule has 0 aliphatic carbocycles. The fourth-order valence-electron chi connectivity index (χ4n) is 2.75. The summed E-state index contributed by atoms with van der Waals surface area (Å²) < 4.78 is 11.6. The van der Waals surface area contributed by atoms with E-state index >= 15 is 0 Å². The first-order chi connectivity index (χ1) is 13.6. The second kappa shape index (κ2) is 7.24. The number of ether oxygens (including phenoxy) is 2. The monoisotopic (exact) mass is 397 g/mol. The van der Waals surface area contributed by atoms with E-state index in [4.69, 9.17) is 21.1 Å². The number of imidazole rings is 1. The number of fused-ring (bicyclic) bond motifs is 1. The lowest BCUT2D eigenvalue weighted by Gasteiger charge is -2.12. The van der Waals surface area contributed by atoms with Gasteiger partial charge in [-0.2, -0.15) is 9.78 Å². The average molecular weight is 398 g/mol. The molecule has 4 aromatic rings. The fraction of sp³-hybridized carbons (Fsp3) is 0.105. The van der Waals surface area contributed by atoms with Crippen LogP contribution in [0, 0.1) is 0 Å². The molecule has 0 fully saturated rings. The Kier molecular flexibility index (Phi) is 4.62. The number of benzene rings is 2. The number of nitrogens with zero attached hydrogens (tertiary/aromatic N) is 3. The van der Waals surface area contributed by atoms with Crippen LogP contribution in [0.1, 0.15) is 0 Å². The van der Waals surface area contributed by atoms with E-state index in [1.165, 1.54) is 6.20 Å². The summed E-state index contributed by atoms with van der Waals surface area (Å²) in [7, 11) is 3.11. The van der Waals surface area contributed by atoms with Crippen LogP contribution in [0.2, 0.25) is 5.02 Å². The number of halogens is 1. The van der Waals surface area contributed by atoms with E-state index in [0.29, 0.717) is 28.8 Å². The van der Waals surface area contributed by atoms with E-state index in [-0.39, 0.29) is 5.02 Å². The van der Waals surface area contributed by atoms with Gasteiger partial charge in [0.2, 0.25) is 5.95 Å². The summed E-state index contributed by atoms with van der Waals surface area (Å²) in [4.78, 5) is 20.2. The predicted molar refractivity (Wildman–Crippen MR) is 107 cm³/mol. The molecule has 0 saturated carbocycles. The zero-order valence-electron chi connectivity index (χ0n) is 15.1. The summed E-state index contributed by atoms with van der Waals surface area (Å²) >= 11 is 6.30. The van der Waals surface area contributed by atoms with Gasteiger partial charge < -0.3 is 19.8 Å². The van der Waals surface area contributed by atoms with Crippen molar-refractivity contribution in [1.82, 2.24) is 19.7 Å². The molecule has 0 spiro atoms. The lowest BCUT2D eigenvalue weighted by Crippen LogP contribution is -2.23. The Balaban J connectivity index is 1.71. The SMILES string of the molecule is COc1cc(Nc2cnn(-c3nc4ccccc4[nH]3)c(=O)c2Cl)cc(OC)c1. The number of methoxy groups -OCH3 is 2. The molecule has 2 N–H and O–H groups in total. The molecule has 0 atom stereocenters. The standard InChI is InChI=1S/C19H16ClN5O3/c1-27-12-7-11(8-13(9-12)28-2)22-16-10-21-25(18(26)17(16)20)19-23-14-5-3-4-6-15(14)24-19/h3-10,22H,1-2H3,(H,23,24). The molecule has 9 heteroatoms. The molecule has 4 rings (SSSR count). The van der Waals surface area contributed by atoms with E-state index in [9.17, 15) is 4.79 Å². The highest BCUT2D eigenvalue weighted by Gasteiger charge is 2.14. The van der Waals surface area contributed by atoms with Gasteiger partial charge in [0.1, 0.15) is 16.5 Å². The third kappa shape index (κ3) is 3.25. The fourth-order valence-corrected chi connectivity index (χ4v) is 2.92. The smallest absolute Gasteiger partial charge is 0.295 e. The van der Waals surface area contributed by atoms with Crippen molar-refractivity contribution < 1.29 is 9.47 Å². The minimum Gasteiger partial charge on any atom is -0.497 e. The Morgan fingerprint density at radius 1 is 1.11 bits per heavy atom. The van der Waals surface area contributed by atoms with Gasteiger partial charge in [-0.1, -0.05) is 23.7 Å². The zero-order valence-corrected chi connectivity index (χ0v) is 15.8. The number of nitrogens with one attached hydrogen (secondary N) is 2. The largest absolute Gasteiger partial charge is 0.497 e. The molecule has 0 radical (unpaired) electrons. The maximum absolute atomic E-state index is 12.7. The quantitative estimate of drug-likeness (QED) is 0.535. The second-order valence-electron chi connectivity index (χ2n) is 5.89. The van der Waals surface area contributed by atoms with E-state index in [2.05, 4.69) is 20.4 Å².